The summed E-state index contributed by atoms with van der Waals surface area (Å²) in [7, 11) is 0. The van der Waals surface area contributed by atoms with Crippen molar-refractivity contribution in [3.05, 3.63) is 0 Å². The topological polar surface area (TPSA) is 63.7 Å². The average Bonchev–Trinajstić information content (AvgIpc) is 2.47. The van der Waals surface area contributed by atoms with E-state index in [4.69, 9.17) is 4.74 Å². The Balaban J connectivity index is 1.86. The van der Waals surface area contributed by atoms with E-state index in [1.54, 1.807) is 6.92 Å². The highest BCUT2D eigenvalue weighted by atomic mass is 32.2. The van der Waals surface area contributed by atoms with Crippen LogP contribution < -0.4 is 0 Å². The van der Waals surface area contributed by atoms with Gasteiger partial charge in [-0.05, 0) is 19.8 Å². The maximum absolute atomic E-state index is 11.4. The number of ether oxygens (including phenoxy) is 1. The van der Waals surface area contributed by atoms with Gasteiger partial charge in [0.25, 0.3) is 5.24 Å². The van der Waals surface area contributed by atoms with E-state index < -0.39 is 0 Å². The number of nitrogens with zero attached hydrogens (tertiary/aromatic N) is 1. The Bertz CT molecular complexity index is 322. The van der Waals surface area contributed by atoms with Gasteiger partial charge in [-0.2, -0.15) is 0 Å². The van der Waals surface area contributed by atoms with E-state index in [1.165, 1.54) is 4.90 Å². The molecule has 1 aliphatic carbocycles. The molecule has 2 fully saturated rings. The van der Waals surface area contributed by atoms with E-state index in [1.807, 2.05) is 0 Å². The van der Waals surface area contributed by atoms with Crippen molar-refractivity contribution in [1.82, 2.24) is 4.90 Å². The second-order valence-electron chi connectivity index (χ2n) is 3.89. The summed E-state index contributed by atoms with van der Waals surface area (Å²) in [5, 5.41) is -0.183. The van der Waals surface area contributed by atoms with Crippen LogP contribution in [0.1, 0.15) is 19.8 Å². The Morgan fingerprint density at radius 2 is 2.19 bits per heavy atom. The maximum atomic E-state index is 11.4. The summed E-state index contributed by atoms with van der Waals surface area (Å²) in [6, 6.07) is -0.0931. The third-order valence-electron chi connectivity index (χ3n) is 2.88. The Morgan fingerprint density at radius 3 is 2.69 bits per heavy atom. The second-order valence-corrected chi connectivity index (χ2v) is 4.82. The maximum Gasteiger partial charge on any atom is 0.309 e. The van der Waals surface area contributed by atoms with Crippen molar-refractivity contribution in [3.63, 3.8) is 0 Å². The molecule has 1 heterocycles. The summed E-state index contributed by atoms with van der Waals surface area (Å²) >= 11 is 1.03. The molecule has 1 aliphatic heterocycles. The van der Waals surface area contributed by atoms with Crippen LogP contribution in [0.3, 0.4) is 0 Å². The molecule has 88 valence electrons. The monoisotopic (exact) mass is 243 g/mol. The first-order chi connectivity index (χ1) is 7.63. The Kier molecular flexibility index (Phi) is 3.18. The molecular weight excluding hydrogens is 230 g/mol. The number of carbonyl (C=O) groups excluding carboxylic acids is 3. The van der Waals surface area contributed by atoms with Crippen molar-refractivity contribution in [1.29, 1.82) is 0 Å². The highest BCUT2D eigenvalue weighted by molar-refractivity contribution is 8.14. The molecule has 2 rings (SSSR count). The van der Waals surface area contributed by atoms with Crippen LogP contribution in [0.2, 0.25) is 0 Å². The molecule has 6 heteroatoms. The number of thioether (sulfide) groups is 1. The van der Waals surface area contributed by atoms with Gasteiger partial charge in [-0.3, -0.25) is 19.3 Å². The van der Waals surface area contributed by atoms with E-state index >= 15 is 0 Å². The fourth-order valence-electron chi connectivity index (χ4n) is 1.97. The summed E-state index contributed by atoms with van der Waals surface area (Å²) in [5.74, 6) is -0.261. The second kappa shape index (κ2) is 4.45. The molecule has 0 aromatic carbocycles. The number of amides is 2. The minimum Gasteiger partial charge on any atom is -0.466 e. The van der Waals surface area contributed by atoms with Gasteiger partial charge in [0, 0.05) is 6.04 Å². The van der Waals surface area contributed by atoms with Gasteiger partial charge < -0.3 is 4.74 Å². The number of hydrogen-bond donors (Lipinski definition) is 0. The van der Waals surface area contributed by atoms with Crippen molar-refractivity contribution in [2.24, 2.45) is 5.92 Å². The Morgan fingerprint density at radius 1 is 1.50 bits per heavy atom. The van der Waals surface area contributed by atoms with Gasteiger partial charge in [-0.15, -0.1) is 0 Å². The summed E-state index contributed by atoms with van der Waals surface area (Å²) < 4.78 is 4.88. The molecule has 0 bridgehead atoms. The zero-order valence-electron chi connectivity index (χ0n) is 8.97. The van der Waals surface area contributed by atoms with Crippen LogP contribution >= 0.6 is 11.8 Å². The van der Waals surface area contributed by atoms with Crippen LogP contribution in [0.4, 0.5) is 4.79 Å². The van der Waals surface area contributed by atoms with Crippen molar-refractivity contribution in [3.8, 4) is 0 Å². The summed E-state index contributed by atoms with van der Waals surface area (Å²) in [5.41, 5.74) is 0. The number of hydrogen-bond acceptors (Lipinski definition) is 5. The zero-order chi connectivity index (χ0) is 11.7. The quantitative estimate of drug-likeness (QED) is 0.692. The molecule has 0 aromatic heterocycles. The summed E-state index contributed by atoms with van der Waals surface area (Å²) in [6.07, 6.45) is 1.10. The van der Waals surface area contributed by atoms with Gasteiger partial charge in [0.15, 0.2) is 0 Å². The molecule has 0 unspecified atom stereocenters. The molecule has 0 spiro atoms. The van der Waals surface area contributed by atoms with Crippen LogP contribution in [-0.4, -0.2) is 40.4 Å². The lowest BCUT2D eigenvalue weighted by molar-refractivity contribution is -0.154. The minimum absolute atomic E-state index is 0.0931. The van der Waals surface area contributed by atoms with Crippen molar-refractivity contribution >= 4 is 28.9 Å². The van der Waals surface area contributed by atoms with Gasteiger partial charge >= 0.3 is 5.97 Å². The lowest BCUT2D eigenvalue weighted by Gasteiger charge is -2.38. The van der Waals surface area contributed by atoms with Crippen molar-refractivity contribution < 1.29 is 19.1 Å². The van der Waals surface area contributed by atoms with E-state index in [2.05, 4.69) is 0 Å². The van der Waals surface area contributed by atoms with Gasteiger partial charge in [0.2, 0.25) is 5.91 Å². The molecule has 0 radical (unpaired) electrons. The molecule has 0 N–H and O–H groups in total. The van der Waals surface area contributed by atoms with Crippen LogP contribution in [0.25, 0.3) is 0 Å². The first kappa shape index (κ1) is 11.4. The van der Waals surface area contributed by atoms with Gasteiger partial charge in [0.05, 0.1) is 18.3 Å². The van der Waals surface area contributed by atoms with Crippen LogP contribution in [0.5, 0.6) is 0 Å². The Hall–Kier alpha value is -1.04. The molecular formula is C10H13NO4S. The first-order valence-electron chi connectivity index (χ1n) is 5.29. The van der Waals surface area contributed by atoms with Crippen LogP contribution in [0.15, 0.2) is 0 Å². The number of carbonyl (C=O) groups is 3. The highest BCUT2D eigenvalue weighted by Crippen LogP contribution is 2.36. The van der Waals surface area contributed by atoms with Gasteiger partial charge in [-0.1, -0.05) is 11.8 Å². The molecule has 1 saturated heterocycles. The van der Waals surface area contributed by atoms with Crippen molar-refractivity contribution in [2.75, 3.05) is 12.4 Å². The zero-order valence-corrected chi connectivity index (χ0v) is 9.79. The van der Waals surface area contributed by atoms with Gasteiger partial charge in [-0.25, -0.2) is 0 Å². The summed E-state index contributed by atoms with van der Waals surface area (Å²) in [4.78, 5) is 35.4. The van der Waals surface area contributed by atoms with E-state index in [-0.39, 0.29) is 34.8 Å². The number of imide groups is 1. The predicted octanol–water partition coefficient (Wildman–Crippen LogP) is 1.02. The van der Waals surface area contributed by atoms with Crippen molar-refractivity contribution in [2.45, 2.75) is 25.8 Å². The molecule has 1 saturated carbocycles. The molecule has 5 nitrogen and oxygen atoms in total. The lowest BCUT2D eigenvalue weighted by atomic mass is 9.79. The minimum atomic E-state index is -0.217. The molecule has 0 aromatic rings. The standard InChI is InChI=1S/C10H13NO4S/c1-2-15-9(13)6-3-7(4-6)11-8(12)5-16-10(11)14/h6-7H,2-5H2,1H3. The van der Waals surface area contributed by atoms with E-state index in [0.29, 0.717) is 19.4 Å². The number of esters is 1. The lowest BCUT2D eigenvalue weighted by Crippen LogP contribution is -2.49. The normalized spacial score (nSPS) is 29.2. The average molecular weight is 243 g/mol. The molecule has 2 amide bonds. The first-order valence-corrected chi connectivity index (χ1v) is 6.27. The number of rotatable bonds is 3. The smallest absolute Gasteiger partial charge is 0.309 e. The van der Waals surface area contributed by atoms with Gasteiger partial charge in [0.1, 0.15) is 0 Å². The molecule has 16 heavy (non-hydrogen) atoms. The van der Waals surface area contributed by atoms with Crippen LogP contribution in [-0.2, 0) is 14.3 Å². The van der Waals surface area contributed by atoms with Crippen LogP contribution in [0, 0.1) is 5.92 Å². The summed E-state index contributed by atoms with van der Waals surface area (Å²) in [6.45, 7) is 2.13. The fraction of sp³-hybridized carbons (Fsp3) is 0.700. The largest absolute Gasteiger partial charge is 0.466 e. The molecule has 2 aliphatic rings. The van der Waals surface area contributed by atoms with E-state index in [0.717, 1.165) is 11.8 Å². The Labute approximate surface area is 97.5 Å². The SMILES string of the molecule is CCOC(=O)C1CC(N2C(=O)CSC2=O)C1. The highest BCUT2D eigenvalue weighted by Gasteiger charge is 2.45. The third kappa shape index (κ3) is 1.93. The fourth-order valence-corrected chi connectivity index (χ4v) is 2.74. The predicted molar refractivity (Wildman–Crippen MR) is 57.8 cm³/mol. The van der Waals surface area contributed by atoms with E-state index in [9.17, 15) is 14.4 Å². The molecule has 0 atom stereocenters. The third-order valence-corrected chi connectivity index (χ3v) is 3.72.